The molecule has 0 fully saturated rings. The third kappa shape index (κ3) is 3.42. The van der Waals surface area contributed by atoms with Crippen LogP contribution >= 0.6 is 15.9 Å². The largest absolute Gasteiger partial charge is 0.311 e. The van der Waals surface area contributed by atoms with E-state index in [0.29, 0.717) is 0 Å². The van der Waals surface area contributed by atoms with E-state index in [4.69, 9.17) is 0 Å². The molecule has 1 heterocycles. The molecule has 0 aliphatic rings. The zero-order valence-electron chi connectivity index (χ0n) is 17.9. The van der Waals surface area contributed by atoms with Crippen molar-refractivity contribution in [3.05, 3.63) is 132 Å². The highest BCUT2D eigenvalue weighted by atomic mass is 79.9. The van der Waals surface area contributed by atoms with Gasteiger partial charge in [-0.2, -0.15) is 0 Å². The molecule has 0 spiro atoms. The number of halogens is 1. The van der Waals surface area contributed by atoms with Crippen molar-refractivity contribution in [2.45, 2.75) is 0 Å². The number of aromatic nitrogens is 1. The van der Waals surface area contributed by atoms with Gasteiger partial charge in [-0.3, -0.25) is 0 Å². The SMILES string of the molecule is Brc1cccc2c1c1ccccc1n2-c1ccc(N(c2ccccc2)c2ccccc2)cc1. The topological polar surface area (TPSA) is 8.17 Å². The van der Waals surface area contributed by atoms with Gasteiger partial charge in [0.25, 0.3) is 0 Å². The van der Waals surface area contributed by atoms with Crippen LogP contribution in [0.25, 0.3) is 27.5 Å². The van der Waals surface area contributed by atoms with E-state index in [2.05, 4.69) is 153 Å². The number of hydrogen-bond acceptors (Lipinski definition) is 1. The van der Waals surface area contributed by atoms with Crippen molar-refractivity contribution in [2.24, 2.45) is 0 Å². The molecule has 0 bridgehead atoms. The van der Waals surface area contributed by atoms with Gasteiger partial charge in [0.1, 0.15) is 0 Å². The predicted molar refractivity (Wildman–Crippen MR) is 143 cm³/mol. The number of para-hydroxylation sites is 3. The highest BCUT2D eigenvalue weighted by Crippen LogP contribution is 2.38. The Labute approximate surface area is 201 Å². The predicted octanol–water partition coefficient (Wildman–Crippen LogP) is 9.02. The Morgan fingerprint density at radius 2 is 1.03 bits per heavy atom. The standard InChI is InChI=1S/C30H21BrN2/c31-27-15-9-17-29-30(27)26-14-7-8-16-28(26)33(29)25-20-18-24(19-21-25)32(22-10-3-1-4-11-22)23-12-5-2-6-13-23/h1-21H. The molecule has 0 saturated carbocycles. The van der Waals surface area contributed by atoms with Crippen LogP contribution in [0.2, 0.25) is 0 Å². The average Bonchev–Trinajstić information content (AvgIpc) is 3.22. The zero-order chi connectivity index (χ0) is 22.2. The fraction of sp³-hybridized carbons (Fsp3) is 0. The molecular weight excluding hydrogens is 468 g/mol. The van der Waals surface area contributed by atoms with E-state index in [1.54, 1.807) is 0 Å². The minimum absolute atomic E-state index is 1.12. The summed E-state index contributed by atoms with van der Waals surface area (Å²) in [6.45, 7) is 0. The van der Waals surface area contributed by atoms with Crippen molar-refractivity contribution in [1.82, 2.24) is 4.57 Å². The molecule has 0 atom stereocenters. The first-order chi connectivity index (χ1) is 16.3. The lowest BCUT2D eigenvalue weighted by Crippen LogP contribution is -2.09. The Hall–Kier alpha value is -3.82. The molecule has 0 amide bonds. The molecule has 1 aromatic heterocycles. The third-order valence-corrected chi connectivity index (χ3v) is 6.70. The fourth-order valence-electron chi connectivity index (χ4n) is 4.61. The highest BCUT2D eigenvalue weighted by molar-refractivity contribution is 9.10. The Balaban J connectivity index is 1.51. The van der Waals surface area contributed by atoms with Gasteiger partial charge in [0.05, 0.1) is 11.0 Å². The third-order valence-electron chi connectivity index (χ3n) is 6.04. The van der Waals surface area contributed by atoms with Crippen molar-refractivity contribution < 1.29 is 0 Å². The first kappa shape index (κ1) is 19.8. The van der Waals surface area contributed by atoms with Crippen LogP contribution in [-0.2, 0) is 0 Å². The maximum absolute atomic E-state index is 3.77. The summed E-state index contributed by atoms with van der Waals surface area (Å²) in [6, 6.07) is 44.8. The van der Waals surface area contributed by atoms with Crippen molar-refractivity contribution >= 4 is 54.8 Å². The van der Waals surface area contributed by atoms with Gasteiger partial charge in [-0.1, -0.05) is 76.6 Å². The zero-order valence-corrected chi connectivity index (χ0v) is 19.5. The fourth-order valence-corrected chi connectivity index (χ4v) is 5.18. The smallest absolute Gasteiger partial charge is 0.0552 e. The molecule has 0 aliphatic heterocycles. The van der Waals surface area contributed by atoms with Gasteiger partial charge in [-0.05, 0) is 66.7 Å². The van der Waals surface area contributed by atoms with Crippen molar-refractivity contribution in [2.75, 3.05) is 4.90 Å². The number of anilines is 3. The lowest BCUT2D eigenvalue weighted by molar-refractivity contribution is 1.17. The summed E-state index contributed by atoms with van der Waals surface area (Å²) in [7, 11) is 0. The van der Waals surface area contributed by atoms with E-state index in [1.807, 2.05) is 0 Å². The monoisotopic (exact) mass is 488 g/mol. The molecule has 2 nitrogen and oxygen atoms in total. The van der Waals surface area contributed by atoms with Gasteiger partial charge in [-0.25, -0.2) is 0 Å². The summed E-state index contributed by atoms with van der Waals surface area (Å²) in [4.78, 5) is 2.28. The summed E-state index contributed by atoms with van der Waals surface area (Å²) in [5.41, 5.74) is 6.94. The average molecular weight is 489 g/mol. The van der Waals surface area contributed by atoms with E-state index >= 15 is 0 Å². The minimum Gasteiger partial charge on any atom is -0.311 e. The van der Waals surface area contributed by atoms with Crippen LogP contribution < -0.4 is 4.90 Å². The lowest BCUT2D eigenvalue weighted by Gasteiger charge is -2.25. The molecule has 0 radical (unpaired) electrons. The summed E-state index contributed by atoms with van der Waals surface area (Å²) in [6.07, 6.45) is 0. The van der Waals surface area contributed by atoms with Gasteiger partial charge in [-0.15, -0.1) is 0 Å². The summed E-state index contributed by atoms with van der Waals surface area (Å²) in [5.74, 6) is 0. The van der Waals surface area contributed by atoms with E-state index in [-0.39, 0.29) is 0 Å². The Bertz CT molecular complexity index is 1510. The van der Waals surface area contributed by atoms with Crippen LogP contribution in [0.1, 0.15) is 0 Å². The Morgan fingerprint density at radius 3 is 1.70 bits per heavy atom. The maximum atomic E-state index is 3.77. The molecule has 3 heteroatoms. The van der Waals surface area contributed by atoms with Crippen LogP contribution in [0.4, 0.5) is 17.1 Å². The first-order valence-electron chi connectivity index (χ1n) is 11.0. The van der Waals surface area contributed by atoms with Gasteiger partial charge >= 0.3 is 0 Å². The second kappa shape index (κ2) is 8.27. The number of benzene rings is 5. The van der Waals surface area contributed by atoms with Crippen LogP contribution in [0.3, 0.4) is 0 Å². The number of rotatable bonds is 4. The molecule has 33 heavy (non-hydrogen) atoms. The van der Waals surface area contributed by atoms with Crippen LogP contribution in [0.15, 0.2) is 132 Å². The lowest BCUT2D eigenvalue weighted by atomic mass is 10.2. The normalized spacial score (nSPS) is 11.2. The molecule has 158 valence electrons. The van der Waals surface area contributed by atoms with Crippen LogP contribution in [0.5, 0.6) is 0 Å². The van der Waals surface area contributed by atoms with Crippen molar-refractivity contribution in [3.63, 3.8) is 0 Å². The summed E-state index contributed by atoms with van der Waals surface area (Å²) in [5, 5.41) is 2.49. The quantitative estimate of drug-likeness (QED) is 0.240. The van der Waals surface area contributed by atoms with E-state index in [0.717, 1.165) is 27.2 Å². The van der Waals surface area contributed by atoms with Crippen LogP contribution in [0, 0.1) is 0 Å². The van der Waals surface area contributed by atoms with E-state index in [1.165, 1.54) is 21.8 Å². The Morgan fingerprint density at radius 1 is 0.485 bits per heavy atom. The molecule has 0 saturated heterocycles. The summed E-state index contributed by atoms with van der Waals surface area (Å²) >= 11 is 3.77. The van der Waals surface area contributed by atoms with E-state index in [9.17, 15) is 0 Å². The van der Waals surface area contributed by atoms with Gasteiger partial charge in [0.2, 0.25) is 0 Å². The number of nitrogens with zero attached hydrogens (tertiary/aromatic N) is 2. The van der Waals surface area contributed by atoms with Gasteiger partial charge in [0, 0.05) is 38.0 Å². The molecule has 6 rings (SSSR count). The van der Waals surface area contributed by atoms with Crippen LogP contribution in [-0.4, -0.2) is 4.57 Å². The van der Waals surface area contributed by atoms with Crippen molar-refractivity contribution in [3.8, 4) is 5.69 Å². The second-order valence-corrected chi connectivity index (χ2v) is 8.86. The van der Waals surface area contributed by atoms with E-state index < -0.39 is 0 Å². The van der Waals surface area contributed by atoms with Crippen molar-refractivity contribution in [1.29, 1.82) is 0 Å². The van der Waals surface area contributed by atoms with Gasteiger partial charge < -0.3 is 9.47 Å². The molecular formula is C30H21BrN2. The number of hydrogen-bond donors (Lipinski definition) is 0. The maximum Gasteiger partial charge on any atom is 0.0552 e. The molecule has 6 aromatic rings. The molecule has 5 aromatic carbocycles. The highest BCUT2D eigenvalue weighted by Gasteiger charge is 2.15. The molecule has 0 aliphatic carbocycles. The second-order valence-electron chi connectivity index (χ2n) is 8.01. The molecule has 0 N–H and O–H groups in total. The molecule has 0 unspecified atom stereocenters. The van der Waals surface area contributed by atoms with Gasteiger partial charge in [0.15, 0.2) is 0 Å². The first-order valence-corrected chi connectivity index (χ1v) is 11.8. The summed E-state index contributed by atoms with van der Waals surface area (Å²) < 4.78 is 3.46. The Kier molecular flexibility index (Phi) is 4.97. The minimum atomic E-state index is 1.12. The number of fused-ring (bicyclic) bond motifs is 3.